The highest BCUT2D eigenvalue weighted by atomic mass is 16.5. The summed E-state index contributed by atoms with van der Waals surface area (Å²) in [6.45, 7) is 2.35. The summed E-state index contributed by atoms with van der Waals surface area (Å²) in [5, 5.41) is 8.80. The number of hydrogen-bond donors (Lipinski definition) is 1. The molecule has 0 aliphatic rings. The van der Waals surface area contributed by atoms with Gasteiger partial charge in [-0.25, -0.2) is 0 Å². The van der Waals surface area contributed by atoms with Crippen molar-refractivity contribution in [3.05, 3.63) is 35.9 Å². The monoisotopic (exact) mass is 222 g/mol. The van der Waals surface area contributed by atoms with E-state index in [1.807, 2.05) is 37.3 Å². The number of carbonyl (C=O) groups is 1. The Labute approximate surface area is 96.1 Å². The zero-order valence-corrected chi connectivity index (χ0v) is 9.56. The molecule has 0 radical (unpaired) electrons. The first-order valence-corrected chi connectivity index (χ1v) is 5.52. The maximum absolute atomic E-state index is 11.3. The minimum Gasteiger partial charge on any atom is -0.461 e. The molecule has 0 bridgehead atoms. The van der Waals surface area contributed by atoms with Gasteiger partial charge in [0.1, 0.15) is 6.61 Å². The molecule has 3 heteroatoms. The predicted octanol–water partition coefficient (Wildman–Crippen LogP) is 2.14. The third-order valence-corrected chi connectivity index (χ3v) is 2.40. The number of hydrogen-bond acceptors (Lipinski definition) is 3. The van der Waals surface area contributed by atoms with E-state index in [-0.39, 0.29) is 18.5 Å². The second-order valence-electron chi connectivity index (χ2n) is 3.97. The number of aliphatic hydroxyl groups excluding tert-OH is 1. The Morgan fingerprint density at radius 1 is 1.38 bits per heavy atom. The van der Waals surface area contributed by atoms with E-state index in [1.54, 1.807) is 0 Å². The van der Waals surface area contributed by atoms with Gasteiger partial charge in [-0.15, -0.1) is 0 Å². The van der Waals surface area contributed by atoms with Gasteiger partial charge in [-0.1, -0.05) is 37.3 Å². The zero-order valence-electron chi connectivity index (χ0n) is 9.56. The third-order valence-electron chi connectivity index (χ3n) is 2.40. The van der Waals surface area contributed by atoms with Crippen molar-refractivity contribution in [2.24, 2.45) is 5.92 Å². The van der Waals surface area contributed by atoms with Crippen molar-refractivity contribution in [3.63, 3.8) is 0 Å². The van der Waals surface area contributed by atoms with Gasteiger partial charge in [0.25, 0.3) is 0 Å². The minimum atomic E-state index is -0.204. The summed E-state index contributed by atoms with van der Waals surface area (Å²) in [6.07, 6.45) is 1.04. The number of aliphatic hydroxyl groups is 1. The molecular formula is C13H18O3. The molecule has 1 atom stereocenters. The van der Waals surface area contributed by atoms with E-state index in [4.69, 9.17) is 9.84 Å². The number of benzene rings is 1. The maximum atomic E-state index is 11.3. The first-order valence-electron chi connectivity index (χ1n) is 5.52. The highest BCUT2D eigenvalue weighted by Gasteiger charge is 2.06. The molecule has 3 nitrogen and oxygen atoms in total. The smallest absolute Gasteiger partial charge is 0.306 e. The molecule has 1 rings (SSSR count). The highest BCUT2D eigenvalue weighted by Crippen LogP contribution is 2.07. The number of carbonyl (C=O) groups excluding carboxylic acids is 1. The van der Waals surface area contributed by atoms with Gasteiger partial charge in [0.15, 0.2) is 0 Å². The molecule has 1 aromatic carbocycles. The standard InChI is InChI=1S/C13H18O3/c1-11(9-14)7-8-13(15)16-10-12-5-3-2-4-6-12/h2-6,11,14H,7-10H2,1H3. The molecule has 1 unspecified atom stereocenters. The molecule has 88 valence electrons. The fraction of sp³-hybridized carbons (Fsp3) is 0.462. The van der Waals surface area contributed by atoms with Gasteiger partial charge >= 0.3 is 5.97 Å². The van der Waals surface area contributed by atoms with Gasteiger partial charge in [-0.2, -0.15) is 0 Å². The fourth-order valence-electron chi connectivity index (χ4n) is 1.27. The van der Waals surface area contributed by atoms with Crippen molar-refractivity contribution >= 4 is 5.97 Å². The van der Waals surface area contributed by atoms with E-state index in [1.165, 1.54) is 0 Å². The summed E-state index contributed by atoms with van der Waals surface area (Å²) in [4.78, 5) is 11.3. The Bertz CT molecular complexity index is 308. The van der Waals surface area contributed by atoms with Crippen molar-refractivity contribution in [2.45, 2.75) is 26.4 Å². The SMILES string of the molecule is CC(CO)CCC(=O)OCc1ccccc1. The molecule has 0 fully saturated rings. The van der Waals surface area contributed by atoms with Gasteiger partial charge in [0.2, 0.25) is 0 Å². The Morgan fingerprint density at radius 2 is 2.06 bits per heavy atom. The van der Waals surface area contributed by atoms with Crippen molar-refractivity contribution in [2.75, 3.05) is 6.61 Å². The molecular weight excluding hydrogens is 204 g/mol. The first-order chi connectivity index (χ1) is 7.72. The lowest BCUT2D eigenvalue weighted by molar-refractivity contribution is -0.145. The molecule has 1 N–H and O–H groups in total. The van der Waals surface area contributed by atoms with Crippen molar-refractivity contribution in [3.8, 4) is 0 Å². The summed E-state index contributed by atoms with van der Waals surface area (Å²) < 4.78 is 5.10. The van der Waals surface area contributed by atoms with E-state index in [0.29, 0.717) is 19.4 Å². The Morgan fingerprint density at radius 3 is 2.69 bits per heavy atom. The maximum Gasteiger partial charge on any atom is 0.306 e. The predicted molar refractivity (Wildman–Crippen MR) is 61.7 cm³/mol. The van der Waals surface area contributed by atoms with E-state index in [0.717, 1.165) is 5.56 Å². The van der Waals surface area contributed by atoms with Gasteiger partial charge < -0.3 is 9.84 Å². The lowest BCUT2D eigenvalue weighted by Gasteiger charge is -2.07. The van der Waals surface area contributed by atoms with Crippen LogP contribution in [0.3, 0.4) is 0 Å². The molecule has 16 heavy (non-hydrogen) atoms. The van der Waals surface area contributed by atoms with Crippen LogP contribution in [-0.4, -0.2) is 17.7 Å². The molecule has 0 spiro atoms. The molecule has 0 saturated carbocycles. The van der Waals surface area contributed by atoms with E-state index >= 15 is 0 Å². The van der Waals surface area contributed by atoms with Crippen molar-refractivity contribution in [1.82, 2.24) is 0 Å². The van der Waals surface area contributed by atoms with Crippen LogP contribution in [0.25, 0.3) is 0 Å². The Kier molecular flexibility index (Phi) is 5.57. The summed E-state index contributed by atoms with van der Waals surface area (Å²) in [7, 11) is 0. The second kappa shape index (κ2) is 7.01. The summed E-state index contributed by atoms with van der Waals surface area (Å²) in [5.74, 6) is -0.0478. The van der Waals surface area contributed by atoms with Crippen LogP contribution < -0.4 is 0 Å². The highest BCUT2D eigenvalue weighted by molar-refractivity contribution is 5.69. The molecule has 0 saturated heterocycles. The summed E-state index contributed by atoms with van der Waals surface area (Å²) in [5.41, 5.74) is 0.992. The van der Waals surface area contributed by atoms with Gasteiger partial charge in [0.05, 0.1) is 0 Å². The minimum absolute atomic E-state index is 0.117. The van der Waals surface area contributed by atoms with Crippen LogP contribution >= 0.6 is 0 Å². The van der Waals surface area contributed by atoms with Crippen LogP contribution in [-0.2, 0) is 16.1 Å². The Hall–Kier alpha value is -1.35. The van der Waals surface area contributed by atoms with Crippen LogP contribution in [0.5, 0.6) is 0 Å². The number of rotatable bonds is 6. The lowest BCUT2D eigenvalue weighted by atomic mass is 10.1. The van der Waals surface area contributed by atoms with Gasteiger partial charge in [-0.05, 0) is 17.9 Å². The van der Waals surface area contributed by atoms with Gasteiger partial charge in [0, 0.05) is 13.0 Å². The van der Waals surface area contributed by atoms with Crippen LogP contribution in [0, 0.1) is 5.92 Å². The van der Waals surface area contributed by atoms with Crippen LogP contribution in [0.1, 0.15) is 25.3 Å². The largest absolute Gasteiger partial charge is 0.461 e. The molecule has 0 aliphatic carbocycles. The number of esters is 1. The topological polar surface area (TPSA) is 46.5 Å². The van der Waals surface area contributed by atoms with Crippen LogP contribution in [0.2, 0.25) is 0 Å². The molecule has 0 aromatic heterocycles. The zero-order chi connectivity index (χ0) is 11.8. The molecule has 0 heterocycles. The Balaban J connectivity index is 2.20. The van der Waals surface area contributed by atoms with Crippen LogP contribution in [0.4, 0.5) is 0 Å². The lowest BCUT2D eigenvalue weighted by Crippen LogP contribution is -2.08. The second-order valence-corrected chi connectivity index (χ2v) is 3.97. The normalized spacial score (nSPS) is 12.1. The quantitative estimate of drug-likeness (QED) is 0.750. The average molecular weight is 222 g/mol. The molecule has 1 aromatic rings. The summed E-state index contributed by atoms with van der Waals surface area (Å²) >= 11 is 0. The molecule has 0 aliphatic heterocycles. The first kappa shape index (κ1) is 12.7. The molecule has 0 amide bonds. The fourth-order valence-corrected chi connectivity index (χ4v) is 1.27. The average Bonchev–Trinajstić information content (AvgIpc) is 2.34. The van der Waals surface area contributed by atoms with Crippen LogP contribution in [0.15, 0.2) is 30.3 Å². The number of ether oxygens (including phenoxy) is 1. The van der Waals surface area contributed by atoms with Crippen molar-refractivity contribution < 1.29 is 14.6 Å². The van der Waals surface area contributed by atoms with Gasteiger partial charge in [-0.3, -0.25) is 4.79 Å². The third kappa shape index (κ3) is 4.94. The summed E-state index contributed by atoms with van der Waals surface area (Å²) in [6, 6.07) is 9.59. The van der Waals surface area contributed by atoms with E-state index < -0.39 is 0 Å². The van der Waals surface area contributed by atoms with Crippen molar-refractivity contribution in [1.29, 1.82) is 0 Å². The van der Waals surface area contributed by atoms with E-state index in [2.05, 4.69) is 0 Å². The van der Waals surface area contributed by atoms with E-state index in [9.17, 15) is 4.79 Å².